The Kier molecular flexibility index (Phi) is 5.09. The molecular weight excluding hydrogens is 334 g/mol. The largest absolute Gasteiger partial charge is 0.381 e. The molecule has 2 rings (SSSR count). The zero-order chi connectivity index (χ0) is 15.6. The Hall–Kier alpha value is -0.880. The summed E-state index contributed by atoms with van der Waals surface area (Å²) in [4.78, 5) is 12.3. The standard InChI is InChI=1S/C15H24BrN3O2/c1-5-6-7-19-14(20)13(16)10(9-17-19)18-11-8-12(21-4)15(11,2)3/h9,11-12,18H,5-8H2,1-4H3. The van der Waals surface area contributed by atoms with Crippen LogP contribution in [0.25, 0.3) is 0 Å². The van der Waals surface area contributed by atoms with Crippen molar-refractivity contribution in [2.75, 3.05) is 12.4 Å². The van der Waals surface area contributed by atoms with Crippen molar-refractivity contribution in [2.24, 2.45) is 5.41 Å². The summed E-state index contributed by atoms with van der Waals surface area (Å²) in [5.74, 6) is 0. The van der Waals surface area contributed by atoms with Crippen LogP contribution in [0.4, 0.5) is 5.69 Å². The van der Waals surface area contributed by atoms with E-state index in [1.54, 1.807) is 13.3 Å². The normalized spacial score (nSPS) is 23.7. The third kappa shape index (κ3) is 3.16. The van der Waals surface area contributed by atoms with Crippen molar-refractivity contribution in [3.05, 3.63) is 21.0 Å². The average Bonchev–Trinajstić information content (AvgIpc) is 2.46. The van der Waals surface area contributed by atoms with E-state index < -0.39 is 0 Å². The summed E-state index contributed by atoms with van der Waals surface area (Å²) in [7, 11) is 1.75. The van der Waals surface area contributed by atoms with Gasteiger partial charge >= 0.3 is 0 Å². The molecule has 1 N–H and O–H groups in total. The molecule has 118 valence electrons. The van der Waals surface area contributed by atoms with E-state index in [9.17, 15) is 4.79 Å². The lowest BCUT2D eigenvalue weighted by Crippen LogP contribution is -2.57. The molecular formula is C15H24BrN3O2. The van der Waals surface area contributed by atoms with E-state index in [0.29, 0.717) is 11.0 Å². The molecule has 5 nitrogen and oxygen atoms in total. The number of nitrogens with one attached hydrogen (secondary N) is 1. The molecule has 6 heteroatoms. The summed E-state index contributed by atoms with van der Waals surface area (Å²) < 4.78 is 7.53. The summed E-state index contributed by atoms with van der Waals surface area (Å²) in [5.41, 5.74) is 0.736. The van der Waals surface area contributed by atoms with Gasteiger partial charge in [-0.2, -0.15) is 5.10 Å². The number of unbranched alkanes of at least 4 members (excludes halogenated alkanes) is 1. The summed E-state index contributed by atoms with van der Waals surface area (Å²) in [6, 6.07) is 0.284. The van der Waals surface area contributed by atoms with Crippen molar-refractivity contribution in [3.8, 4) is 0 Å². The van der Waals surface area contributed by atoms with Gasteiger partial charge in [-0.3, -0.25) is 4.79 Å². The lowest BCUT2D eigenvalue weighted by Gasteiger charge is -2.51. The number of hydrogen-bond donors (Lipinski definition) is 1. The first-order chi connectivity index (χ1) is 9.91. The van der Waals surface area contributed by atoms with Gasteiger partial charge < -0.3 is 10.1 Å². The fourth-order valence-corrected chi connectivity index (χ4v) is 3.17. The second kappa shape index (κ2) is 6.48. The SMILES string of the molecule is CCCCn1ncc(NC2CC(OC)C2(C)C)c(Br)c1=O. The Morgan fingerprint density at radius 2 is 2.29 bits per heavy atom. The number of aryl methyl sites for hydroxylation is 1. The third-order valence-electron chi connectivity index (χ3n) is 4.50. The molecule has 0 radical (unpaired) electrons. The minimum absolute atomic E-state index is 0.0469. The predicted octanol–water partition coefficient (Wildman–Crippen LogP) is 3.03. The minimum Gasteiger partial charge on any atom is -0.381 e. The van der Waals surface area contributed by atoms with Crippen LogP contribution in [0.5, 0.6) is 0 Å². The Bertz CT molecular complexity index is 556. The van der Waals surface area contributed by atoms with Gasteiger partial charge in [-0.25, -0.2) is 4.68 Å². The van der Waals surface area contributed by atoms with Crippen LogP contribution in [0.3, 0.4) is 0 Å². The molecule has 21 heavy (non-hydrogen) atoms. The van der Waals surface area contributed by atoms with Crippen LogP contribution >= 0.6 is 15.9 Å². The van der Waals surface area contributed by atoms with Gasteiger partial charge in [0.25, 0.3) is 5.56 Å². The van der Waals surface area contributed by atoms with Crippen molar-refractivity contribution in [1.82, 2.24) is 9.78 Å². The summed E-state index contributed by atoms with van der Waals surface area (Å²) in [5, 5.41) is 7.68. The predicted molar refractivity (Wildman–Crippen MR) is 87.7 cm³/mol. The highest BCUT2D eigenvalue weighted by Gasteiger charge is 2.48. The molecule has 1 aliphatic carbocycles. The van der Waals surface area contributed by atoms with Crippen LogP contribution in [0.1, 0.15) is 40.0 Å². The number of rotatable bonds is 6. The first kappa shape index (κ1) is 16.5. The Morgan fingerprint density at radius 3 is 2.86 bits per heavy atom. The Balaban J connectivity index is 2.12. The molecule has 0 saturated heterocycles. The summed E-state index contributed by atoms with van der Waals surface area (Å²) in [6.45, 7) is 7.11. The minimum atomic E-state index is -0.0751. The molecule has 0 spiro atoms. The maximum absolute atomic E-state index is 12.3. The highest BCUT2D eigenvalue weighted by atomic mass is 79.9. The van der Waals surface area contributed by atoms with Crippen LogP contribution < -0.4 is 10.9 Å². The number of methoxy groups -OCH3 is 1. The maximum atomic E-state index is 12.3. The highest BCUT2D eigenvalue weighted by molar-refractivity contribution is 9.10. The smallest absolute Gasteiger partial charge is 0.283 e. The van der Waals surface area contributed by atoms with E-state index in [0.717, 1.165) is 24.9 Å². The topological polar surface area (TPSA) is 56.1 Å². The molecule has 0 aromatic carbocycles. The van der Waals surface area contributed by atoms with Crippen molar-refractivity contribution in [2.45, 2.75) is 58.7 Å². The van der Waals surface area contributed by atoms with Gasteiger partial charge in [0.05, 0.1) is 18.0 Å². The van der Waals surface area contributed by atoms with Gasteiger partial charge in [-0.1, -0.05) is 27.2 Å². The molecule has 1 aromatic rings. The van der Waals surface area contributed by atoms with Crippen LogP contribution in [0, 0.1) is 5.41 Å². The zero-order valence-electron chi connectivity index (χ0n) is 13.1. The third-order valence-corrected chi connectivity index (χ3v) is 5.27. The molecule has 2 atom stereocenters. The first-order valence-corrected chi connectivity index (χ1v) is 8.26. The zero-order valence-corrected chi connectivity index (χ0v) is 14.7. The van der Waals surface area contributed by atoms with Gasteiger partial charge in [0.2, 0.25) is 0 Å². The van der Waals surface area contributed by atoms with Gasteiger partial charge in [0.15, 0.2) is 0 Å². The first-order valence-electron chi connectivity index (χ1n) is 7.46. The number of halogens is 1. The van der Waals surface area contributed by atoms with Crippen molar-refractivity contribution < 1.29 is 4.74 Å². The molecule has 0 amide bonds. The van der Waals surface area contributed by atoms with E-state index in [2.05, 4.69) is 47.1 Å². The number of anilines is 1. The lowest BCUT2D eigenvalue weighted by molar-refractivity contribution is -0.0794. The fraction of sp³-hybridized carbons (Fsp3) is 0.733. The molecule has 2 unspecified atom stereocenters. The van der Waals surface area contributed by atoms with Crippen molar-refractivity contribution in [3.63, 3.8) is 0 Å². The Morgan fingerprint density at radius 1 is 1.57 bits per heavy atom. The molecule has 0 bridgehead atoms. The number of nitrogens with zero attached hydrogens (tertiary/aromatic N) is 2. The second-order valence-corrected chi connectivity index (χ2v) is 7.03. The number of hydrogen-bond acceptors (Lipinski definition) is 4. The highest BCUT2D eigenvalue weighted by Crippen LogP contribution is 2.44. The average molecular weight is 358 g/mol. The molecule has 1 saturated carbocycles. The fourth-order valence-electron chi connectivity index (χ4n) is 2.75. The maximum Gasteiger partial charge on any atom is 0.283 e. The number of ether oxygens (including phenoxy) is 1. The van der Waals surface area contributed by atoms with Gasteiger partial charge in [0, 0.05) is 25.1 Å². The van der Waals surface area contributed by atoms with Crippen LogP contribution in [0.15, 0.2) is 15.5 Å². The Labute approximate surface area is 134 Å². The lowest BCUT2D eigenvalue weighted by atomic mass is 9.64. The molecule has 1 aliphatic rings. The van der Waals surface area contributed by atoms with E-state index in [-0.39, 0.29) is 23.1 Å². The van der Waals surface area contributed by atoms with Crippen molar-refractivity contribution >= 4 is 21.6 Å². The molecule has 0 aliphatic heterocycles. The van der Waals surface area contributed by atoms with Crippen molar-refractivity contribution in [1.29, 1.82) is 0 Å². The van der Waals surface area contributed by atoms with E-state index in [1.165, 1.54) is 4.68 Å². The molecule has 1 aromatic heterocycles. The van der Waals surface area contributed by atoms with Gasteiger partial charge in [-0.05, 0) is 28.8 Å². The van der Waals surface area contributed by atoms with E-state index in [4.69, 9.17) is 4.74 Å². The summed E-state index contributed by atoms with van der Waals surface area (Å²) >= 11 is 3.41. The van der Waals surface area contributed by atoms with Crippen LogP contribution in [-0.2, 0) is 11.3 Å². The quantitative estimate of drug-likeness (QED) is 0.849. The van der Waals surface area contributed by atoms with E-state index in [1.807, 2.05) is 0 Å². The van der Waals surface area contributed by atoms with Crippen LogP contribution in [-0.4, -0.2) is 29.0 Å². The van der Waals surface area contributed by atoms with Gasteiger partial charge in [0.1, 0.15) is 4.47 Å². The van der Waals surface area contributed by atoms with Gasteiger partial charge in [-0.15, -0.1) is 0 Å². The van der Waals surface area contributed by atoms with Crippen LogP contribution in [0.2, 0.25) is 0 Å². The molecule has 1 fully saturated rings. The monoisotopic (exact) mass is 357 g/mol. The molecule has 1 heterocycles. The number of aromatic nitrogens is 2. The van der Waals surface area contributed by atoms with E-state index >= 15 is 0 Å². The second-order valence-electron chi connectivity index (χ2n) is 6.23. The summed E-state index contributed by atoms with van der Waals surface area (Å²) in [6.07, 6.45) is 4.93.